The lowest BCUT2D eigenvalue weighted by atomic mass is 10.2. The van der Waals surface area contributed by atoms with Crippen molar-refractivity contribution in [3.63, 3.8) is 0 Å². The summed E-state index contributed by atoms with van der Waals surface area (Å²) in [5, 5.41) is 4.13. The SMILES string of the molecule is CCc1ccc2nc(N3CCN(CCNC(=O)c4ccc(OC)cc4)CC3)sc2c1. The van der Waals surface area contributed by atoms with E-state index in [1.165, 1.54) is 10.3 Å². The van der Waals surface area contributed by atoms with Gasteiger partial charge in [-0.2, -0.15) is 0 Å². The molecule has 30 heavy (non-hydrogen) atoms. The zero-order valence-corrected chi connectivity index (χ0v) is 18.4. The summed E-state index contributed by atoms with van der Waals surface area (Å²) in [4.78, 5) is 21.9. The van der Waals surface area contributed by atoms with Crippen molar-refractivity contribution in [1.82, 2.24) is 15.2 Å². The number of nitrogens with zero attached hydrogens (tertiary/aromatic N) is 3. The minimum absolute atomic E-state index is 0.0442. The number of fused-ring (bicyclic) bond motifs is 1. The fraction of sp³-hybridized carbons (Fsp3) is 0.391. The second kappa shape index (κ2) is 9.45. The largest absolute Gasteiger partial charge is 0.497 e. The van der Waals surface area contributed by atoms with Crippen LogP contribution in [0.4, 0.5) is 5.13 Å². The van der Waals surface area contributed by atoms with Crippen molar-refractivity contribution in [2.75, 3.05) is 51.3 Å². The number of rotatable bonds is 7. The van der Waals surface area contributed by atoms with Crippen molar-refractivity contribution in [3.05, 3.63) is 53.6 Å². The van der Waals surface area contributed by atoms with Gasteiger partial charge >= 0.3 is 0 Å². The van der Waals surface area contributed by atoms with Crippen molar-refractivity contribution in [2.45, 2.75) is 13.3 Å². The van der Waals surface area contributed by atoms with Crippen LogP contribution in [0.2, 0.25) is 0 Å². The van der Waals surface area contributed by atoms with Gasteiger partial charge < -0.3 is 15.0 Å². The van der Waals surface area contributed by atoms with Crippen LogP contribution in [0.15, 0.2) is 42.5 Å². The molecular formula is C23H28N4O2S. The number of carbonyl (C=O) groups excluding carboxylic acids is 1. The summed E-state index contributed by atoms with van der Waals surface area (Å²) in [6, 6.07) is 13.7. The Kier molecular flexibility index (Phi) is 6.50. The van der Waals surface area contributed by atoms with Gasteiger partial charge in [0.1, 0.15) is 5.75 Å². The van der Waals surface area contributed by atoms with Crippen LogP contribution in [0, 0.1) is 0 Å². The first-order valence-electron chi connectivity index (χ1n) is 10.5. The molecule has 4 rings (SSSR count). The van der Waals surface area contributed by atoms with Gasteiger partial charge in [-0.15, -0.1) is 0 Å². The van der Waals surface area contributed by atoms with Crippen molar-refractivity contribution in [1.29, 1.82) is 0 Å². The van der Waals surface area contributed by atoms with Gasteiger partial charge in [-0.25, -0.2) is 4.98 Å². The normalized spacial score (nSPS) is 14.8. The van der Waals surface area contributed by atoms with Gasteiger partial charge in [-0.1, -0.05) is 24.3 Å². The molecule has 1 amide bonds. The smallest absolute Gasteiger partial charge is 0.251 e. The van der Waals surface area contributed by atoms with Crippen LogP contribution in [0.1, 0.15) is 22.8 Å². The first kappa shape index (κ1) is 20.6. The van der Waals surface area contributed by atoms with E-state index in [1.807, 2.05) is 0 Å². The Morgan fingerprint density at radius 2 is 1.90 bits per heavy atom. The van der Waals surface area contributed by atoms with E-state index in [4.69, 9.17) is 9.72 Å². The molecule has 1 aliphatic heterocycles. The van der Waals surface area contributed by atoms with Gasteiger partial charge in [0, 0.05) is 44.8 Å². The molecule has 1 fully saturated rings. The predicted octanol–water partition coefficient (Wildman–Crippen LogP) is 3.42. The molecule has 0 atom stereocenters. The molecule has 2 heterocycles. The number of piperazine rings is 1. The molecule has 2 aromatic carbocycles. The number of benzene rings is 2. The molecule has 0 aliphatic carbocycles. The molecule has 1 aliphatic rings. The summed E-state index contributed by atoms with van der Waals surface area (Å²) >= 11 is 1.79. The highest BCUT2D eigenvalue weighted by molar-refractivity contribution is 7.22. The van der Waals surface area contributed by atoms with Gasteiger partial charge in [0.15, 0.2) is 5.13 Å². The van der Waals surface area contributed by atoms with E-state index < -0.39 is 0 Å². The van der Waals surface area contributed by atoms with Gasteiger partial charge in [0.25, 0.3) is 5.91 Å². The summed E-state index contributed by atoms with van der Waals surface area (Å²) in [6.07, 6.45) is 1.05. The Hall–Kier alpha value is -2.64. The number of carbonyl (C=O) groups is 1. The summed E-state index contributed by atoms with van der Waals surface area (Å²) in [5.74, 6) is 0.709. The number of thiazole rings is 1. The lowest BCUT2D eigenvalue weighted by molar-refractivity contribution is 0.0947. The highest BCUT2D eigenvalue weighted by Gasteiger charge is 2.20. The van der Waals surface area contributed by atoms with Crippen LogP contribution in [-0.2, 0) is 6.42 Å². The molecule has 1 saturated heterocycles. The van der Waals surface area contributed by atoms with E-state index in [0.717, 1.165) is 55.5 Å². The third-order valence-corrected chi connectivity index (χ3v) is 6.64. The Labute approximate surface area is 181 Å². The molecule has 3 aromatic rings. The van der Waals surface area contributed by atoms with E-state index in [-0.39, 0.29) is 5.91 Å². The summed E-state index contributed by atoms with van der Waals surface area (Å²) in [5.41, 5.74) is 3.11. The fourth-order valence-electron chi connectivity index (χ4n) is 3.65. The van der Waals surface area contributed by atoms with Gasteiger partial charge in [-0.3, -0.25) is 9.69 Å². The maximum Gasteiger partial charge on any atom is 0.251 e. The minimum Gasteiger partial charge on any atom is -0.497 e. The number of anilines is 1. The number of nitrogens with one attached hydrogen (secondary N) is 1. The van der Waals surface area contributed by atoms with Crippen LogP contribution in [-0.4, -0.2) is 62.2 Å². The number of aromatic nitrogens is 1. The number of amides is 1. The van der Waals surface area contributed by atoms with E-state index in [9.17, 15) is 4.79 Å². The van der Waals surface area contributed by atoms with E-state index in [1.54, 1.807) is 42.7 Å². The zero-order valence-electron chi connectivity index (χ0n) is 17.6. The molecule has 1 aromatic heterocycles. The molecule has 0 spiro atoms. The quantitative estimate of drug-likeness (QED) is 0.630. The maximum absolute atomic E-state index is 12.3. The Morgan fingerprint density at radius 1 is 1.13 bits per heavy atom. The van der Waals surface area contributed by atoms with Crippen molar-refractivity contribution >= 4 is 32.6 Å². The highest BCUT2D eigenvalue weighted by Crippen LogP contribution is 2.30. The van der Waals surface area contributed by atoms with Gasteiger partial charge in [0.2, 0.25) is 0 Å². The lowest BCUT2D eigenvalue weighted by Crippen LogP contribution is -2.48. The van der Waals surface area contributed by atoms with Crippen LogP contribution < -0.4 is 15.0 Å². The molecule has 0 bridgehead atoms. The van der Waals surface area contributed by atoms with Crippen LogP contribution in [0.25, 0.3) is 10.2 Å². The van der Waals surface area contributed by atoms with E-state index >= 15 is 0 Å². The molecule has 6 nitrogen and oxygen atoms in total. The molecular weight excluding hydrogens is 396 g/mol. The topological polar surface area (TPSA) is 57.7 Å². The average Bonchev–Trinajstić information content (AvgIpc) is 3.22. The molecule has 0 saturated carbocycles. The monoisotopic (exact) mass is 424 g/mol. The maximum atomic E-state index is 12.3. The van der Waals surface area contributed by atoms with Crippen molar-refractivity contribution in [3.8, 4) is 5.75 Å². The second-order valence-electron chi connectivity index (χ2n) is 7.47. The highest BCUT2D eigenvalue weighted by atomic mass is 32.1. The van der Waals surface area contributed by atoms with Crippen LogP contribution >= 0.6 is 11.3 Å². The van der Waals surface area contributed by atoms with Gasteiger partial charge in [0.05, 0.1) is 17.3 Å². The first-order chi connectivity index (χ1) is 14.7. The Balaban J connectivity index is 1.24. The molecule has 0 unspecified atom stereocenters. The summed E-state index contributed by atoms with van der Waals surface area (Å²) < 4.78 is 6.40. The first-order valence-corrected chi connectivity index (χ1v) is 11.3. The summed E-state index contributed by atoms with van der Waals surface area (Å²) in [6.45, 7) is 7.58. The standard InChI is InChI=1S/C23H28N4O2S/c1-3-17-4-9-20-21(16-17)30-23(25-20)27-14-12-26(13-15-27)11-10-24-22(28)18-5-7-19(29-2)8-6-18/h4-9,16H,3,10-15H2,1-2H3,(H,24,28). The van der Waals surface area contributed by atoms with Crippen LogP contribution in [0.3, 0.4) is 0 Å². The third kappa shape index (κ3) is 4.74. The number of methoxy groups -OCH3 is 1. The average molecular weight is 425 g/mol. The number of ether oxygens (including phenoxy) is 1. The van der Waals surface area contributed by atoms with Crippen molar-refractivity contribution < 1.29 is 9.53 Å². The Bertz CT molecular complexity index is 994. The van der Waals surface area contributed by atoms with Crippen LogP contribution in [0.5, 0.6) is 5.75 Å². The van der Waals surface area contributed by atoms with Crippen molar-refractivity contribution in [2.24, 2.45) is 0 Å². The third-order valence-electron chi connectivity index (χ3n) is 5.56. The number of aryl methyl sites for hydroxylation is 1. The summed E-state index contributed by atoms with van der Waals surface area (Å²) in [7, 11) is 1.62. The second-order valence-corrected chi connectivity index (χ2v) is 8.47. The lowest BCUT2D eigenvalue weighted by Gasteiger charge is -2.34. The molecule has 158 valence electrons. The fourth-order valence-corrected chi connectivity index (χ4v) is 4.73. The predicted molar refractivity (Wildman–Crippen MR) is 123 cm³/mol. The van der Waals surface area contributed by atoms with E-state index in [0.29, 0.717) is 12.1 Å². The number of hydrogen-bond acceptors (Lipinski definition) is 6. The molecule has 1 N–H and O–H groups in total. The Morgan fingerprint density at radius 3 is 2.60 bits per heavy atom. The molecule has 0 radical (unpaired) electrons. The van der Waals surface area contributed by atoms with Gasteiger partial charge in [-0.05, 0) is 48.4 Å². The number of hydrogen-bond donors (Lipinski definition) is 1. The van der Waals surface area contributed by atoms with E-state index in [2.05, 4.69) is 40.2 Å². The molecule has 7 heteroatoms. The zero-order chi connectivity index (χ0) is 20.9. The minimum atomic E-state index is -0.0442.